The molecule has 1 saturated heterocycles. The number of hydrogen-bond donors (Lipinski definition) is 2. The van der Waals surface area contributed by atoms with Crippen LogP contribution in [-0.4, -0.2) is 77.7 Å². The van der Waals surface area contributed by atoms with Crippen LogP contribution in [0.5, 0.6) is 0 Å². The van der Waals surface area contributed by atoms with E-state index in [1.165, 1.54) is 23.2 Å². The molecule has 1 aromatic heterocycles. The van der Waals surface area contributed by atoms with Crippen LogP contribution in [0.2, 0.25) is 0 Å². The Hall–Kier alpha value is -4.54. The maximum absolute atomic E-state index is 14.3. The summed E-state index contributed by atoms with van der Waals surface area (Å²) in [5, 5.41) is 2.07. The Morgan fingerprint density at radius 2 is 1.66 bits per heavy atom. The number of aromatic nitrogens is 1. The number of methoxy groups -OCH3 is 1. The lowest BCUT2D eigenvalue weighted by atomic mass is 10.1. The zero-order chi connectivity index (χ0) is 24.9. The van der Waals surface area contributed by atoms with E-state index in [9.17, 15) is 23.6 Å². The number of carbonyl (C=O) groups excluding carboxylic acids is 4. The number of fused-ring (bicyclic) bond motifs is 1. The van der Waals surface area contributed by atoms with Crippen LogP contribution < -0.4 is 5.32 Å². The van der Waals surface area contributed by atoms with E-state index >= 15 is 0 Å². The van der Waals surface area contributed by atoms with Crippen molar-refractivity contribution in [2.24, 2.45) is 4.99 Å². The summed E-state index contributed by atoms with van der Waals surface area (Å²) in [7, 11) is 1.13. The molecule has 3 aromatic rings. The third-order valence-electron chi connectivity index (χ3n) is 5.59. The monoisotopic (exact) mass is 479 g/mol. The lowest BCUT2D eigenvalue weighted by molar-refractivity contribution is -0.127. The summed E-state index contributed by atoms with van der Waals surface area (Å²) in [6, 6.07) is 12.4. The fourth-order valence-corrected chi connectivity index (χ4v) is 3.87. The minimum absolute atomic E-state index is 0.0171. The largest absolute Gasteiger partial charge is 0.453 e. The molecule has 180 valence electrons. The topological polar surface area (TPSA) is 124 Å². The van der Waals surface area contributed by atoms with Gasteiger partial charge in [-0.3, -0.25) is 9.59 Å². The van der Waals surface area contributed by atoms with Crippen molar-refractivity contribution in [3.8, 4) is 0 Å². The van der Waals surface area contributed by atoms with Crippen molar-refractivity contribution in [1.82, 2.24) is 20.1 Å². The normalized spacial score (nSPS) is 14.1. The van der Waals surface area contributed by atoms with Gasteiger partial charge < -0.3 is 19.5 Å². The smallest absolute Gasteiger partial charge is 0.415 e. The Balaban J connectivity index is 1.49. The molecule has 35 heavy (non-hydrogen) atoms. The fraction of sp³-hybridized carbons (Fsp3) is 0.208. The maximum atomic E-state index is 14.3. The van der Waals surface area contributed by atoms with Crippen LogP contribution in [0.15, 0.2) is 59.7 Å². The first-order valence-electron chi connectivity index (χ1n) is 10.8. The fourth-order valence-electron chi connectivity index (χ4n) is 3.87. The molecule has 0 spiro atoms. The Morgan fingerprint density at radius 1 is 0.971 bits per heavy atom. The molecule has 1 fully saturated rings. The summed E-state index contributed by atoms with van der Waals surface area (Å²) in [4.78, 5) is 59.3. The highest BCUT2D eigenvalue weighted by Crippen LogP contribution is 2.23. The number of amidine groups is 1. The first kappa shape index (κ1) is 23.6. The number of halogens is 1. The molecule has 0 unspecified atom stereocenters. The second-order valence-electron chi connectivity index (χ2n) is 7.70. The summed E-state index contributed by atoms with van der Waals surface area (Å²) in [5.41, 5.74) is 1.05. The van der Waals surface area contributed by atoms with Crippen LogP contribution in [0, 0.1) is 5.82 Å². The van der Waals surface area contributed by atoms with E-state index in [-0.39, 0.29) is 37.1 Å². The molecule has 11 heteroatoms. The van der Waals surface area contributed by atoms with Crippen LogP contribution in [0.25, 0.3) is 10.9 Å². The number of aromatic amines is 1. The van der Waals surface area contributed by atoms with Crippen LogP contribution in [0.1, 0.15) is 15.9 Å². The van der Waals surface area contributed by atoms with Gasteiger partial charge in [-0.2, -0.15) is 4.99 Å². The SMILES string of the molecule is COC(=O)NC(=O)N=C(c1ccccc1)N1CCN(C(=O)C(=O)c2c[nH]c3cccc(F)c23)CC1. The number of carbonyl (C=O) groups is 4. The van der Waals surface area contributed by atoms with Crippen LogP contribution in [-0.2, 0) is 9.53 Å². The lowest BCUT2D eigenvalue weighted by Crippen LogP contribution is -2.52. The summed E-state index contributed by atoms with van der Waals surface area (Å²) >= 11 is 0. The average Bonchev–Trinajstić information content (AvgIpc) is 3.32. The maximum Gasteiger partial charge on any atom is 0.415 e. The van der Waals surface area contributed by atoms with E-state index in [1.54, 1.807) is 35.2 Å². The van der Waals surface area contributed by atoms with Crippen LogP contribution >= 0.6 is 0 Å². The predicted octanol–water partition coefficient (Wildman–Crippen LogP) is 2.56. The third-order valence-corrected chi connectivity index (χ3v) is 5.59. The number of aliphatic imine (C=N–C) groups is 1. The molecular formula is C24H22FN5O5. The molecule has 2 aromatic carbocycles. The Morgan fingerprint density at radius 3 is 2.34 bits per heavy atom. The van der Waals surface area contributed by atoms with Gasteiger partial charge in [0, 0.05) is 48.8 Å². The number of nitrogens with one attached hydrogen (secondary N) is 2. The number of Topliss-reactive ketones (excluding diaryl/α,β-unsaturated/α-hetero) is 1. The minimum atomic E-state index is -0.936. The van der Waals surface area contributed by atoms with Crippen molar-refractivity contribution >= 4 is 40.6 Å². The van der Waals surface area contributed by atoms with Gasteiger partial charge in [-0.05, 0) is 12.1 Å². The molecule has 2 heterocycles. The van der Waals surface area contributed by atoms with Gasteiger partial charge >= 0.3 is 12.1 Å². The zero-order valence-electron chi connectivity index (χ0n) is 18.8. The molecule has 0 radical (unpaired) electrons. The van der Waals surface area contributed by atoms with Gasteiger partial charge in [-0.1, -0.05) is 36.4 Å². The lowest BCUT2D eigenvalue weighted by Gasteiger charge is -2.36. The van der Waals surface area contributed by atoms with Gasteiger partial charge in [0.05, 0.1) is 12.7 Å². The molecule has 10 nitrogen and oxygen atoms in total. The predicted molar refractivity (Wildman–Crippen MR) is 125 cm³/mol. The highest BCUT2D eigenvalue weighted by atomic mass is 19.1. The molecule has 0 bridgehead atoms. The van der Waals surface area contributed by atoms with Crippen molar-refractivity contribution in [3.63, 3.8) is 0 Å². The first-order chi connectivity index (χ1) is 16.9. The highest BCUT2D eigenvalue weighted by molar-refractivity contribution is 6.44. The molecular weight excluding hydrogens is 457 g/mol. The number of amides is 4. The molecule has 1 aliphatic rings. The van der Waals surface area contributed by atoms with Crippen molar-refractivity contribution in [2.45, 2.75) is 0 Å². The molecule has 1 aliphatic heterocycles. The number of ketones is 1. The van der Waals surface area contributed by atoms with Crippen LogP contribution in [0.4, 0.5) is 14.0 Å². The van der Waals surface area contributed by atoms with E-state index in [0.717, 1.165) is 7.11 Å². The number of urea groups is 1. The van der Waals surface area contributed by atoms with E-state index in [2.05, 4.69) is 14.7 Å². The summed E-state index contributed by atoms with van der Waals surface area (Å²) in [5.74, 6) is -1.82. The summed E-state index contributed by atoms with van der Waals surface area (Å²) < 4.78 is 18.7. The Labute approximate surface area is 199 Å². The van der Waals surface area contributed by atoms with Crippen molar-refractivity contribution in [2.75, 3.05) is 33.3 Å². The number of alkyl carbamates (subject to hydrolysis) is 1. The van der Waals surface area contributed by atoms with Crippen molar-refractivity contribution in [3.05, 3.63) is 71.7 Å². The van der Waals surface area contributed by atoms with Gasteiger partial charge in [-0.25, -0.2) is 19.3 Å². The second-order valence-corrected chi connectivity index (χ2v) is 7.70. The van der Waals surface area contributed by atoms with Gasteiger partial charge in [0.1, 0.15) is 11.7 Å². The van der Waals surface area contributed by atoms with E-state index in [1.807, 2.05) is 11.4 Å². The molecule has 4 rings (SSSR count). The van der Waals surface area contributed by atoms with Crippen molar-refractivity contribution in [1.29, 1.82) is 0 Å². The molecule has 0 saturated carbocycles. The van der Waals surface area contributed by atoms with Crippen molar-refractivity contribution < 1.29 is 28.3 Å². The number of hydrogen-bond acceptors (Lipinski definition) is 5. The second kappa shape index (κ2) is 10.2. The minimum Gasteiger partial charge on any atom is -0.453 e. The summed E-state index contributed by atoms with van der Waals surface area (Å²) in [6.07, 6.45) is 0.401. The van der Waals surface area contributed by atoms with Gasteiger partial charge in [0.2, 0.25) is 0 Å². The first-order valence-corrected chi connectivity index (χ1v) is 10.8. The van der Waals surface area contributed by atoms with Gasteiger partial charge in [0.25, 0.3) is 11.7 Å². The number of rotatable bonds is 3. The van der Waals surface area contributed by atoms with E-state index in [4.69, 9.17) is 0 Å². The van der Waals surface area contributed by atoms with E-state index < -0.39 is 29.6 Å². The van der Waals surface area contributed by atoms with E-state index in [0.29, 0.717) is 16.9 Å². The average molecular weight is 479 g/mol. The van der Waals surface area contributed by atoms with Gasteiger partial charge in [0.15, 0.2) is 0 Å². The number of piperazine rings is 1. The summed E-state index contributed by atoms with van der Waals surface area (Å²) in [6.45, 7) is 0.917. The third kappa shape index (κ3) is 5.03. The van der Waals surface area contributed by atoms with Crippen LogP contribution in [0.3, 0.4) is 0 Å². The number of benzene rings is 2. The quantitative estimate of drug-likeness (QED) is 0.258. The Kier molecular flexibility index (Phi) is 6.86. The number of H-pyrrole nitrogens is 1. The van der Waals surface area contributed by atoms with Gasteiger partial charge in [-0.15, -0.1) is 0 Å². The molecule has 0 aliphatic carbocycles. The Bertz CT molecular complexity index is 1310. The highest BCUT2D eigenvalue weighted by Gasteiger charge is 2.30. The zero-order valence-corrected chi connectivity index (χ0v) is 18.8. The molecule has 2 N–H and O–H groups in total. The standard InChI is InChI=1S/C24H22FN5O5/c1-35-24(34)28-23(33)27-21(15-6-3-2-4-7-15)29-10-12-30(13-11-29)22(32)20(31)16-14-26-18-9-5-8-17(25)19(16)18/h2-9,14,26H,10-13H2,1H3,(H,28,33,34). The number of imide groups is 1. The molecule has 0 atom stereocenters. The molecule has 4 amide bonds. The number of ether oxygens (including phenoxy) is 1. The number of nitrogens with zero attached hydrogens (tertiary/aromatic N) is 3.